The zero-order valence-electron chi connectivity index (χ0n) is 14.5. The third kappa shape index (κ3) is 5.25. The largest absolute Gasteiger partial charge is 0.487 e. The molecule has 0 amide bonds. The van der Waals surface area contributed by atoms with Crippen LogP contribution < -0.4 is 10.1 Å². The van der Waals surface area contributed by atoms with E-state index >= 15 is 0 Å². The molecule has 0 aliphatic carbocycles. The first-order valence-electron chi connectivity index (χ1n) is 8.26. The maximum atomic E-state index is 10.8. The molecule has 8 heteroatoms. The van der Waals surface area contributed by atoms with Crippen LogP contribution in [0.25, 0.3) is 0 Å². The highest BCUT2D eigenvalue weighted by Gasteiger charge is 2.12. The monoisotopic (exact) mass is 524 g/mol. The molecule has 0 aliphatic rings. The van der Waals surface area contributed by atoms with Crippen LogP contribution in [0.4, 0.5) is 11.4 Å². The fourth-order valence-corrected chi connectivity index (χ4v) is 4.20. The molecule has 0 bridgehead atoms. The summed E-state index contributed by atoms with van der Waals surface area (Å²) in [5.74, 6) is 0.695. The van der Waals surface area contributed by atoms with E-state index in [1.807, 2.05) is 36.4 Å². The van der Waals surface area contributed by atoms with Gasteiger partial charge in [0, 0.05) is 28.7 Å². The Hall–Kier alpha value is -2.09. The molecule has 0 saturated heterocycles. The van der Waals surface area contributed by atoms with Crippen molar-refractivity contribution in [1.29, 1.82) is 0 Å². The predicted octanol–water partition coefficient (Wildman–Crippen LogP) is 6.96. The lowest BCUT2D eigenvalue weighted by Crippen LogP contribution is -2.05. The molecule has 0 unspecified atom stereocenters. The summed E-state index contributed by atoms with van der Waals surface area (Å²) in [7, 11) is 0. The highest BCUT2D eigenvalue weighted by Crippen LogP contribution is 2.34. The molecule has 144 valence electrons. The number of non-ortho nitro benzene ring substituents is 1. The second-order valence-corrected chi connectivity index (χ2v) is 8.10. The third-order valence-corrected chi connectivity index (χ3v) is 5.34. The van der Waals surface area contributed by atoms with Crippen molar-refractivity contribution in [2.45, 2.75) is 13.2 Å². The minimum absolute atomic E-state index is 0.0539. The smallest absolute Gasteiger partial charge is 0.269 e. The minimum Gasteiger partial charge on any atom is -0.487 e. The summed E-state index contributed by atoms with van der Waals surface area (Å²) in [6.45, 7) is 0.800. The Morgan fingerprint density at radius 2 is 1.79 bits per heavy atom. The number of para-hydroxylation sites is 1. The normalized spacial score (nSPS) is 10.5. The quantitative estimate of drug-likeness (QED) is 0.267. The van der Waals surface area contributed by atoms with E-state index in [0.717, 1.165) is 25.8 Å². The fraction of sp³-hybridized carbons (Fsp3) is 0.100. The van der Waals surface area contributed by atoms with Crippen molar-refractivity contribution >= 4 is 54.8 Å². The Morgan fingerprint density at radius 3 is 2.46 bits per heavy atom. The second-order valence-electron chi connectivity index (χ2n) is 5.92. The first-order valence-corrected chi connectivity index (χ1v) is 10.2. The molecule has 0 radical (unpaired) electrons. The summed E-state index contributed by atoms with van der Waals surface area (Å²) >= 11 is 13.3. The molecule has 1 N–H and O–H groups in total. The van der Waals surface area contributed by atoms with Crippen LogP contribution in [-0.2, 0) is 13.2 Å². The Balaban J connectivity index is 1.76. The molecule has 3 aromatic rings. The molecule has 0 fully saturated rings. The van der Waals surface area contributed by atoms with E-state index in [-0.39, 0.29) is 12.3 Å². The molecule has 0 heterocycles. The third-order valence-electron chi connectivity index (χ3n) is 3.96. The van der Waals surface area contributed by atoms with Gasteiger partial charge in [-0.05, 0) is 57.9 Å². The van der Waals surface area contributed by atoms with Crippen molar-refractivity contribution in [3.05, 3.63) is 95.9 Å². The van der Waals surface area contributed by atoms with Crippen molar-refractivity contribution in [3.8, 4) is 5.75 Å². The van der Waals surface area contributed by atoms with Crippen LogP contribution in [0.2, 0.25) is 5.02 Å². The van der Waals surface area contributed by atoms with E-state index in [1.165, 1.54) is 12.1 Å². The van der Waals surface area contributed by atoms with E-state index in [4.69, 9.17) is 16.3 Å². The Morgan fingerprint density at radius 1 is 1.07 bits per heavy atom. The van der Waals surface area contributed by atoms with Gasteiger partial charge in [-0.3, -0.25) is 10.1 Å². The number of anilines is 1. The summed E-state index contributed by atoms with van der Waals surface area (Å²) in [4.78, 5) is 10.4. The average Bonchev–Trinajstić information content (AvgIpc) is 2.66. The van der Waals surface area contributed by atoms with Gasteiger partial charge in [-0.25, -0.2) is 0 Å². The van der Waals surface area contributed by atoms with Crippen LogP contribution in [-0.4, -0.2) is 4.92 Å². The van der Waals surface area contributed by atoms with Gasteiger partial charge in [0.15, 0.2) is 0 Å². The number of ether oxygens (including phenoxy) is 1. The number of hydrogen-bond acceptors (Lipinski definition) is 4. The van der Waals surface area contributed by atoms with Gasteiger partial charge in [-0.2, -0.15) is 0 Å². The fourth-order valence-electron chi connectivity index (χ4n) is 2.57. The van der Waals surface area contributed by atoms with Gasteiger partial charge in [0.25, 0.3) is 5.69 Å². The molecule has 0 saturated carbocycles. The van der Waals surface area contributed by atoms with Crippen LogP contribution in [0.1, 0.15) is 11.1 Å². The first-order chi connectivity index (χ1) is 13.4. The zero-order chi connectivity index (χ0) is 20.1. The summed E-state index contributed by atoms with van der Waals surface area (Å²) in [6.07, 6.45) is 0. The number of nitrogens with one attached hydrogen (secondary N) is 1. The second kappa shape index (κ2) is 9.41. The Kier molecular flexibility index (Phi) is 6.93. The highest BCUT2D eigenvalue weighted by atomic mass is 79.9. The van der Waals surface area contributed by atoms with E-state index in [9.17, 15) is 10.1 Å². The topological polar surface area (TPSA) is 64.4 Å². The molecule has 0 aromatic heterocycles. The predicted molar refractivity (Wildman–Crippen MR) is 118 cm³/mol. The number of nitro benzene ring substituents is 1. The van der Waals surface area contributed by atoms with Gasteiger partial charge < -0.3 is 10.1 Å². The van der Waals surface area contributed by atoms with E-state index < -0.39 is 4.92 Å². The number of rotatable bonds is 7. The molecule has 0 atom stereocenters. The SMILES string of the molecule is O=[N+]([O-])c1ccc(COc2c(Br)cc(Br)cc2CNc2ccccc2Cl)cc1. The van der Waals surface area contributed by atoms with Crippen molar-refractivity contribution in [3.63, 3.8) is 0 Å². The number of hydrogen-bond donors (Lipinski definition) is 1. The molecule has 28 heavy (non-hydrogen) atoms. The lowest BCUT2D eigenvalue weighted by Gasteiger charge is -2.16. The van der Waals surface area contributed by atoms with Gasteiger partial charge >= 0.3 is 0 Å². The summed E-state index contributed by atoms with van der Waals surface area (Å²) in [5.41, 5.74) is 2.66. The maximum absolute atomic E-state index is 10.8. The van der Waals surface area contributed by atoms with Gasteiger partial charge in [0.05, 0.1) is 20.1 Å². The van der Waals surface area contributed by atoms with Crippen molar-refractivity contribution in [2.75, 3.05) is 5.32 Å². The average molecular weight is 527 g/mol. The zero-order valence-corrected chi connectivity index (χ0v) is 18.4. The summed E-state index contributed by atoms with van der Waals surface area (Å²) < 4.78 is 7.74. The van der Waals surface area contributed by atoms with Crippen LogP contribution in [0.3, 0.4) is 0 Å². The standard InChI is InChI=1S/C20H15Br2ClN2O3/c21-15-9-14(11-24-19-4-2-1-3-18(19)23)20(17(22)10-15)28-12-13-5-7-16(8-6-13)25(26)27/h1-10,24H,11-12H2. The van der Waals surface area contributed by atoms with Gasteiger partial charge in [0.1, 0.15) is 12.4 Å². The van der Waals surface area contributed by atoms with Gasteiger partial charge in [-0.15, -0.1) is 0 Å². The molecule has 0 aliphatic heterocycles. The van der Waals surface area contributed by atoms with E-state index in [1.54, 1.807) is 12.1 Å². The Bertz CT molecular complexity index is 997. The van der Waals surface area contributed by atoms with Gasteiger partial charge in [-0.1, -0.05) is 39.7 Å². The minimum atomic E-state index is -0.422. The molecule has 0 spiro atoms. The lowest BCUT2D eigenvalue weighted by molar-refractivity contribution is -0.384. The van der Waals surface area contributed by atoms with Crippen molar-refractivity contribution < 1.29 is 9.66 Å². The van der Waals surface area contributed by atoms with Crippen molar-refractivity contribution in [1.82, 2.24) is 0 Å². The van der Waals surface area contributed by atoms with E-state index in [2.05, 4.69) is 37.2 Å². The number of nitro groups is 1. The maximum Gasteiger partial charge on any atom is 0.269 e. The van der Waals surface area contributed by atoms with Crippen molar-refractivity contribution in [2.24, 2.45) is 0 Å². The number of nitrogens with zero attached hydrogens (tertiary/aromatic N) is 1. The lowest BCUT2D eigenvalue weighted by atomic mass is 10.2. The summed E-state index contributed by atoms with van der Waals surface area (Å²) in [6, 6.07) is 17.7. The van der Waals surface area contributed by atoms with Gasteiger partial charge in [0.2, 0.25) is 0 Å². The number of benzene rings is 3. The van der Waals surface area contributed by atoms with Crippen LogP contribution >= 0.6 is 43.5 Å². The molecular formula is C20H15Br2ClN2O3. The molecule has 5 nitrogen and oxygen atoms in total. The molecule has 3 aromatic carbocycles. The first kappa shape index (κ1) is 20.6. The van der Waals surface area contributed by atoms with Crippen LogP contribution in [0.15, 0.2) is 69.6 Å². The highest BCUT2D eigenvalue weighted by molar-refractivity contribution is 9.11. The molecule has 3 rings (SSSR count). The summed E-state index contributed by atoms with van der Waals surface area (Å²) in [5, 5.41) is 14.7. The molecular weight excluding hydrogens is 511 g/mol. The Labute approximate surface area is 184 Å². The number of halogens is 3. The van der Waals surface area contributed by atoms with Crippen LogP contribution in [0.5, 0.6) is 5.75 Å². The van der Waals surface area contributed by atoms with Crippen LogP contribution in [0, 0.1) is 10.1 Å². The van der Waals surface area contributed by atoms with E-state index in [0.29, 0.717) is 17.3 Å².